The normalized spacial score (nSPS) is 10.3. The fourth-order valence-corrected chi connectivity index (χ4v) is 2.16. The van der Waals surface area contributed by atoms with E-state index in [0.29, 0.717) is 29.4 Å². The van der Waals surface area contributed by atoms with Gasteiger partial charge in [0.1, 0.15) is 0 Å². The van der Waals surface area contributed by atoms with Crippen LogP contribution in [-0.4, -0.2) is 40.8 Å². The Morgan fingerprint density at radius 2 is 2.18 bits per heavy atom. The van der Waals surface area contributed by atoms with Crippen LogP contribution in [0.5, 0.6) is 0 Å². The summed E-state index contributed by atoms with van der Waals surface area (Å²) in [5.41, 5.74) is 0.905. The Kier molecular flexibility index (Phi) is 5.82. The second-order valence-corrected chi connectivity index (χ2v) is 5.15. The maximum atomic E-state index is 12.0. The molecule has 1 heterocycles. The van der Waals surface area contributed by atoms with Crippen LogP contribution in [0.1, 0.15) is 20.8 Å². The number of nitrogens with zero attached hydrogens (tertiary/aromatic N) is 2. The van der Waals surface area contributed by atoms with Crippen molar-refractivity contribution in [2.45, 2.75) is 0 Å². The molecule has 0 fully saturated rings. The number of ether oxygens (including phenoxy) is 1. The highest BCUT2D eigenvalue weighted by molar-refractivity contribution is 6.99. The van der Waals surface area contributed by atoms with Gasteiger partial charge in [-0.25, -0.2) is 0 Å². The molecule has 0 aliphatic heterocycles. The van der Waals surface area contributed by atoms with E-state index < -0.39 is 5.91 Å². The summed E-state index contributed by atoms with van der Waals surface area (Å²) in [4.78, 5) is 23.9. The predicted octanol–water partition coefficient (Wildman–Crippen LogP) is 1.82. The van der Waals surface area contributed by atoms with Crippen molar-refractivity contribution in [3.05, 3.63) is 40.7 Å². The van der Waals surface area contributed by atoms with Crippen LogP contribution < -0.4 is 10.6 Å². The van der Waals surface area contributed by atoms with Crippen molar-refractivity contribution < 1.29 is 14.3 Å². The Labute approximate surface area is 136 Å². The fraction of sp³-hybridized carbons (Fsp3) is 0.231. The number of anilines is 1. The predicted molar refractivity (Wildman–Crippen MR) is 83.5 cm³/mol. The molecular formula is C13H13ClN4O3S. The molecule has 7 nitrogen and oxygen atoms in total. The van der Waals surface area contributed by atoms with Crippen molar-refractivity contribution in [3.8, 4) is 0 Å². The van der Waals surface area contributed by atoms with E-state index in [9.17, 15) is 9.59 Å². The third-order valence-electron chi connectivity index (χ3n) is 2.66. The van der Waals surface area contributed by atoms with Gasteiger partial charge in [-0.1, -0.05) is 11.6 Å². The summed E-state index contributed by atoms with van der Waals surface area (Å²) >= 11 is 6.97. The van der Waals surface area contributed by atoms with Crippen LogP contribution in [0.2, 0.25) is 5.02 Å². The molecule has 9 heteroatoms. The third kappa shape index (κ3) is 4.23. The van der Waals surface area contributed by atoms with E-state index in [2.05, 4.69) is 19.4 Å². The molecule has 2 rings (SSSR count). The monoisotopic (exact) mass is 340 g/mol. The Morgan fingerprint density at radius 3 is 2.86 bits per heavy atom. The van der Waals surface area contributed by atoms with E-state index in [-0.39, 0.29) is 11.6 Å². The first-order valence-electron chi connectivity index (χ1n) is 6.27. The number of amides is 2. The van der Waals surface area contributed by atoms with Crippen LogP contribution in [0.15, 0.2) is 24.4 Å². The maximum absolute atomic E-state index is 12.0. The fourth-order valence-electron chi connectivity index (χ4n) is 1.58. The van der Waals surface area contributed by atoms with Crippen molar-refractivity contribution in [1.82, 2.24) is 14.1 Å². The summed E-state index contributed by atoms with van der Waals surface area (Å²) in [7, 11) is 1.55. The lowest BCUT2D eigenvalue weighted by molar-refractivity contribution is 0.0936. The molecule has 22 heavy (non-hydrogen) atoms. The standard InChI is InChI=1S/C13H13ClN4O3S/c1-21-5-4-15-12(19)8-2-3-9(14)10(6-8)17-13(20)11-7-16-22-18-11/h2-3,6-7H,4-5H2,1H3,(H,15,19)(H,17,20). The van der Waals surface area contributed by atoms with Gasteiger partial charge in [-0.15, -0.1) is 0 Å². The molecule has 0 bridgehead atoms. The molecule has 1 aromatic heterocycles. The zero-order valence-electron chi connectivity index (χ0n) is 11.6. The Hall–Kier alpha value is -2.03. The molecule has 0 radical (unpaired) electrons. The van der Waals surface area contributed by atoms with Gasteiger partial charge in [-0.2, -0.15) is 8.75 Å². The summed E-state index contributed by atoms with van der Waals surface area (Å²) in [5.74, 6) is -0.716. The number of carbonyl (C=O) groups excluding carboxylic acids is 2. The van der Waals surface area contributed by atoms with E-state index >= 15 is 0 Å². The molecule has 0 saturated carbocycles. The van der Waals surface area contributed by atoms with Gasteiger partial charge in [-0.3, -0.25) is 9.59 Å². The van der Waals surface area contributed by atoms with Gasteiger partial charge in [0.05, 0.1) is 35.2 Å². The average molecular weight is 341 g/mol. The lowest BCUT2D eigenvalue weighted by Crippen LogP contribution is -2.27. The summed E-state index contributed by atoms with van der Waals surface area (Å²) in [6, 6.07) is 4.62. The topological polar surface area (TPSA) is 93.2 Å². The van der Waals surface area contributed by atoms with Crippen molar-refractivity contribution >= 4 is 40.8 Å². The van der Waals surface area contributed by atoms with E-state index in [0.717, 1.165) is 11.7 Å². The molecule has 0 spiro atoms. The zero-order valence-corrected chi connectivity index (χ0v) is 13.2. The molecular weight excluding hydrogens is 328 g/mol. The largest absolute Gasteiger partial charge is 0.383 e. The first-order chi connectivity index (χ1) is 10.6. The van der Waals surface area contributed by atoms with Crippen LogP contribution >= 0.6 is 23.3 Å². The molecule has 1 aromatic carbocycles. The highest BCUT2D eigenvalue weighted by Crippen LogP contribution is 2.23. The third-order valence-corrected chi connectivity index (χ3v) is 3.47. The summed E-state index contributed by atoms with van der Waals surface area (Å²) in [6.45, 7) is 0.809. The minimum absolute atomic E-state index is 0.191. The van der Waals surface area contributed by atoms with E-state index in [4.69, 9.17) is 16.3 Å². The molecule has 116 valence electrons. The maximum Gasteiger partial charge on any atom is 0.277 e. The van der Waals surface area contributed by atoms with Gasteiger partial charge < -0.3 is 15.4 Å². The number of hydrogen-bond donors (Lipinski definition) is 2. The Balaban J connectivity index is 2.09. The van der Waals surface area contributed by atoms with Crippen molar-refractivity contribution in [2.24, 2.45) is 0 Å². The molecule has 2 N–H and O–H groups in total. The lowest BCUT2D eigenvalue weighted by Gasteiger charge is -2.09. The molecule has 2 amide bonds. The molecule has 0 atom stereocenters. The first kappa shape index (κ1) is 16.3. The van der Waals surface area contributed by atoms with Crippen molar-refractivity contribution in [1.29, 1.82) is 0 Å². The molecule has 2 aromatic rings. The number of hydrogen-bond acceptors (Lipinski definition) is 6. The molecule has 0 saturated heterocycles. The van der Waals surface area contributed by atoms with E-state index in [1.165, 1.54) is 12.3 Å². The van der Waals surface area contributed by atoms with Gasteiger partial charge in [-0.05, 0) is 18.2 Å². The van der Waals surface area contributed by atoms with Gasteiger partial charge in [0.2, 0.25) is 0 Å². The number of methoxy groups -OCH3 is 1. The summed E-state index contributed by atoms with van der Waals surface area (Å²) < 4.78 is 12.4. The van der Waals surface area contributed by atoms with Gasteiger partial charge in [0.15, 0.2) is 5.69 Å². The second kappa shape index (κ2) is 7.83. The lowest BCUT2D eigenvalue weighted by atomic mass is 10.2. The minimum Gasteiger partial charge on any atom is -0.383 e. The smallest absolute Gasteiger partial charge is 0.277 e. The number of nitrogens with one attached hydrogen (secondary N) is 2. The number of halogens is 1. The summed E-state index contributed by atoms with van der Waals surface area (Å²) in [6.07, 6.45) is 1.36. The van der Waals surface area contributed by atoms with Gasteiger partial charge in [0.25, 0.3) is 11.8 Å². The number of carbonyl (C=O) groups is 2. The highest BCUT2D eigenvalue weighted by Gasteiger charge is 2.13. The summed E-state index contributed by atoms with van der Waals surface area (Å²) in [5, 5.41) is 5.61. The average Bonchev–Trinajstić information content (AvgIpc) is 3.04. The van der Waals surface area contributed by atoms with Crippen LogP contribution in [0.25, 0.3) is 0 Å². The Bertz CT molecular complexity index is 663. The van der Waals surface area contributed by atoms with Crippen LogP contribution in [-0.2, 0) is 4.74 Å². The van der Waals surface area contributed by atoms with E-state index in [1.807, 2.05) is 0 Å². The first-order valence-corrected chi connectivity index (χ1v) is 7.38. The second-order valence-electron chi connectivity index (χ2n) is 4.19. The minimum atomic E-state index is -0.437. The quantitative estimate of drug-likeness (QED) is 0.782. The molecule has 0 aliphatic carbocycles. The van der Waals surface area contributed by atoms with E-state index in [1.54, 1.807) is 19.2 Å². The van der Waals surface area contributed by atoms with Gasteiger partial charge in [0, 0.05) is 19.2 Å². The van der Waals surface area contributed by atoms with Crippen LogP contribution in [0, 0.1) is 0 Å². The van der Waals surface area contributed by atoms with Crippen LogP contribution in [0.4, 0.5) is 5.69 Å². The number of rotatable bonds is 6. The molecule has 0 unspecified atom stereocenters. The molecule has 0 aliphatic rings. The SMILES string of the molecule is COCCNC(=O)c1ccc(Cl)c(NC(=O)c2cnsn2)c1. The Morgan fingerprint density at radius 1 is 1.36 bits per heavy atom. The van der Waals surface area contributed by atoms with Gasteiger partial charge >= 0.3 is 0 Å². The van der Waals surface area contributed by atoms with Crippen molar-refractivity contribution in [2.75, 3.05) is 25.6 Å². The van der Waals surface area contributed by atoms with Crippen molar-refractivity contribution in [3.63, 3.8) is 0 Å². The zero-order chi connectivity index (χ0) is 15.9. The number of aromatic nitrogens is 2. The number of benzene rings is 1. The highest BCUT2D eigenvalue weighted by atomic mass is 35.5. The van der Waals surface area contributed by atoms with Crippen LogP contribution in [0.3, 0.4) is 0 Å².